The molecule has 0 saturated heterocycles. The first-order chi connectivity index (χ1) is 8.58. The number of fused-ring (bicyclic) bond motifs is 2. The monoisotopic (exact) mass is 252 g/mol. The predicted octanol–water partition coefficient (Wildman–Crippen LogP) is 2.30. The van der Waals surface area contributed by atoms with Gasteiger partial charge >= 0.3 is 0 Å². The summed E-state index contributed by atoms with van der Waals surface area (Å²) in [7, 11) is 0. The fourth-order valence-electron chi connectivity index (χ4n) is 3.88. The summed E-state index contributed by atoms with van der Waals surface area (Å²) < 4.78 is 0. The molecule has 0 radical (unpaired) electrons. The Bertz CT molecular complexity index is 290. The van der Waals surface area contributed by atoms with Gasteiger partial charge in [0.2, 0.25) is 5.91 Å². The Balaban J connectivity index is 1.74. The molecule has 0 aromatic carbocycles. The summed E-state index contributed by atoms with van der Waals surface area (Å²) in [5.74, 6) is 2.85. The Kier molecular flexibility index (Phi) is 4.66. The molecule has 0 spiro atoms. The number of amides is 1. The third-order valence-electron chi connectivity index (χ3n) is 4.70. The molecule has 3 heteroatoms. The third-order valence-corrected chi connectivity index (χ3v) is 4.70. The van der Waals surface area contributed by atoms with Crippen LogP contribution in [0.5, 0.6) is 0 Å². The van der Waals surface area contributed by atoms with Crippen LogP contribution in [0.2, 0.25) is 0 Å². The van der Waals surface area contributed by atoms with Crippen molar-refractivity contribution < 1.29 is 4.79 Å². The van der Waals surface area contributed by atoms with Crippen molar-refractivity contribution in [1.82, 2.24) is 5.32 Å². The lowest BCUT2D eigenvalue weighted by Gasteiger charge is -2.24. The van der Waals surface area contributed by atoms with Gasteiger partial charge in [-0.25, -0.2) is 0 Å². The quantitative estimate of drug-likeness (QED) is 0.762. The molecular weight excluding hydrogens is 224 g/mol. The van der Waals surface area contributed by atoms with Crippen LogP contribution in [0.4, 0.5) is 0 Å². The Hall–Kier alpha value is -0.570. The number of carbonyl (C=O) groups is 1. The maximum Gasteiger partial charge on any atom is 0.220 e. The maximum atomic E-state index is 12.1. The van der Waals surface area contributed by atoms with Gasteiger partial charge in [-0.2, -0.15) is 0 Å². The SMILES string of the molecule is CC(C)CC(CN)CC(=O)NC1CC2CCC1C2. The van der Waals surface area contributed by atoms with E-state index in [1.165, 1.54) is 25.7 Å². The van der Waals surface area contributed by atoms with Gasteiger partial charge < -0.3 is 11.1 Å². The molecule has 3 N–H and O–H groups in total. The molecular formula is C15H28N2O. The maximum absolute atomic E-state index is 12.1. The summed E-state index contributed by atoms with van der Waals surface area (Å²) in [6.45, 7) is 5.01. The van der Waals surface area contributed by atoms with Gasteiger partial charge in [0.05, 0.1) is 0 Å². The average molecular weight is 252 g/mol. The fraction of sp³-hybridized carbons (Fsp3) is 0.933. The fourth-order valence-corrected chi connectivity index (χ4v) is 3.88. The normalized spacial score (nSPS) is 31.9. The molecule has 0 heterocycles. The molecule has 2 saturated carbocycles. The molecule has 2 aliphatic rings. The van der Waals surface area contributed by atoms with E-state index in [9.17, 15) is 4.79 Å². The molecule has 4 unspecified atom stereocenters. The lowest BCUT2D eigenvalue weighted by atomic mass is 9.92. The van der Waals surface area contributed by atoms with E-state index in [1.807, 2.05) is 0 Å². The number of nitrogens with one attached hydrogen (secondary N) is 1. The summed E-state index contributed by atoms with van der Waals surface area (Å²) in [4.78, 5) is 12.1. The molecule has 2 fully saturated rings. The molecule has 3 nitrogen and oxygen atoms in total. The van der Waals surface area contributed by atoms with Crippen LogP contribution in [-0.4, -0.2) is 18.5 Å². The van der Waals surface area contributed by atoms with E-state index in [0.717, 1.165) is 18.3 Å². The van der Waals surface area contributed by atoms with E-state index in [-0.39, 0.29) is 5.91 Å². The average Bonchev–Trinajstić information content (AvgIpc) is 2.89. The van der Waals surface area contributed by atoms with Crippen LogP contribution in [-0.2, 0) is 4.79 Å². The van der Waals surface area contributed by atoms with E-state index in [4.69, 9.17) is 5.73 Å². The first-order valence-electron chi connectivity index (χ1n) is 7.58. The molecule has 2 rings (SSSR count). The molecule has 0 aromatic heterocycles. The first-order valence-corrected chi connectivity index (χ1v) is 7.58. The highest BCUT2D eigenvalue weighted by atomic mass is 16.1. The Morgan fingerprint density at radius 1 is 1.33 bits per heavy atom. The van der Waals surface area contributed by atoms with Crippen molar-refractivity contribution in [2.24, 2.45) is 29.4 Å². The van der Waals surface area contributed by atoms with Gasteiger partial charge in [-0.15, -0.1) is 0 Å². The van der Waals surface area contributed by atoms with Crippen LogP contribution >= 0.6 is 0 Å². The highest BCUT2D eigenvalue weighted by Crippen LogP contribution is 2.44. The third kappa shape index (κ3) is 3.47. The molecule has 18 heavy (non-hydrogen) atoms. The van der Waals surface area contributed by atoms with Crippen molar-refractivity contribution in [2.75, 3.05) is 6.54 Å². The van der Waals surface area contributed by atoms with E-state index >= 15 is 0 Å². The topological polar surface area (TPSA) is 55.1 Å². The summed E-state index contributed by atoms with van der Waals surface area (Å²) in [5, 5.41) is 3.25. The van der Waals surface area contributed by atoms with Gasteiger partial charge in [-0.1, -0.05) is 20.3 Å². The molecule has 1 amide bonds. The molecule has 0 aliphatic heterocycles. The molecule has 2 aliphatic carbocycles. The lowest BCUT2D eigenvalue weighted by molar-refractivity contribution is -0.123. The highest BCUT2D eigenvalue weighted by molar-refractivity contribution is 5.76. The zero-order valence-electron chi connectivity index (χ0n) is 11.8. The minimum atomic E-state index is 0.226. The number of hydrogen-bond acceptors (Lipinski definition) is 2. The molecule has 104 valence electrons. The predicted molar refractivity (Wildman–Crippen MR) is 74.0 cm³/mol. The van der Waals surface area contributed by atoms with E-state index < -0.39 is 0 Å². The second-order valence-electron chi connectivity index (χ2n) is 6.78. The minimum Gasteiger partial charge on any atom is -0.353 e. The van der Waals surface area contributed by atoms with Gasteiger partial charge in [-0.3, -0.25) is 4.79 Å². The van der Waals surface area contributed by atoms with E-state index in [2.05, 4.69) is 19.2 Å². The van der Waals surface area contributed by atoms with Gasteiger partial charge in [0.15, 0.2) is 0 Å². The minimum absolute atomic E-state index is 0.226. The van der Waals surface area contributed by atoms with Crippen LogP contribution in [0.3, 0.4) is 0 Å². The van der Waals surface area contributed by atoms with Gasteiger partial charge in [-0.05, 0) is 55.9 Å². The molecule has 4 atom stereocenters. The Labute approximate surface area is 111 Å². The van der Waals surface area contributed by atoms with Crippen LogP contribution in [0.25, 0.3) is 0 Å². The molecule has 2 bridgehead atoms. The van der Waals surface area contributed by atoms with Crippen LogP contribution in [0, 0.1) is 23.7 Å². The standard InChI is InChI=1S/C15H28N2O/c1-10(2)5-12(9-16)8-15(18)17-14-7-11-3-4-13(14)6-11/h10-14H,3-9,16H2,1-2H3,(H,17,18). The van der Waals surface area contributed by atoms with Gasteiger partial charge in [0.1, 0.15) is 0 Å². The number of carbonyl (C=O) groups excluding carboxylic acids is 1. The van der Waals surface area contributed by atoms with Crippen molar-refractivity contribution in [1.29, 1.82) is 0 Å². The molecule has 0 aromatic rings. The summed E-state index contributed by atoms with van der Waals surface area (Å²) in [6, 6.07) is 0.466. The second kappa shape index (κ2) is 6.05. The smallest absolute Gasteiger partial charge is 0.220 e. The highest BCUT2D eigenvalue weighted by Gasteiger charge is 2.40. The zero-order valence-corrected chi connectivity index (χ0v) is 11.8. The van der Waals surface area contributed by atoms with Crippen LogP contribution in [0.15, 0.2) is 0 Å². The largest absolute Gasteiger partial charge is 0.353 e. The zero-order chi connectivity index (χ0) is 13.1. The van der Waals surface area contributed by atoms with E-state index in [1.54, 1.807) is 0 Å². The van der Waals surface area contributed by atoms with Crippen LogP contribution < -0.4 is 11.1 Å². The summed E-state index contributed by atoms with van der Waals surface area (Å²) in [5.41, 5.74) is 5.76. The van der Waals surface area contributed by atoms with Gasteiger partial charge in [0, 0.05) is 12.5 Å². The van der Waals surface area contributed by atoms with Crippen molar-refractivity contribution in [3.63, 3.8) is 0 Å². The Morgan fingerprint density at radius 3 is 2.61 bits per heavy atom. The number of nitrogens with two attached hydrogens (primary N) is 1. The van der Waals surface area contributed by atoms with Crippen molar-refractivity contribution in [3.8, 4) is 0 Å². The van der Waals surface area contributed by atoms with Crippen molar-refractivity contribution in [2.45, 2.75) is 58.4 Å². The van der Waals surface area contributed by atoms with Crippen LogP contribution in [0.1, 0.15) is 52.4 Å². The van der Waals surface area contributed by atoms with Crippen molar-refractivity contribution >= 4 is 5.91 Å². The van der Waals surface area contributed by atoms with Gasteiger partial charge in [0.25, 0.3) is 0 Å². The first kappa shape index (κ1) is 13.9. The number of hydrogen-bond donors (Lipinski definition) is 2. The number of rotatable bonds is 6. The summed E-state index contributed by atoms with van der Waals surface area (Å²) >= 11 is 0. The Morgan fingerprint density at radius 2 is 2.11 bits per heavy atom. The second-order valence-corrected chi connectivity index (χ2v) is 6.78. The lowest BCUT2D eigenvalue weighted by Crippen LogP contribution is -2.39. The summed E-state index contributed by atoms with van der Waals surface area (Å²) in [6.07, 6.45) is 6.94. The van der Waals surface area contributed by atoms with E-state index in [0.29, 0.717) is 30.8 Å². The van der Waals surface area contributed by atoms with Crippen molar-refractivity contribution in [3.05, 3.63) is 0 Å².